The van der Waals surface area contributed by atoms with E-state index < -0.39 is 0 Å². The largest absolute Gasteiger partial charge is 0.349 e. The molecule has 1 saturated heterocycles. The van der Waals surface area contributed by atoms with Crippen LogP contribution in [0.5, 0.6) is 0 Å². The third-order valence-electron chi connectivity index (χ3n) is 6.94. The molecule has 1 heterocycles. The lowest BCUT2D eigenvalue weighted by Crippen LogP contribution is -2.63. The van der Waals surface area contributed by atoms with Gasteiger partial charge in [0.05, 0.1) is 12.6 Å². The molecule has 1 aliphatic heterocycles. The Kier molecular flexibility index (Phi) is 6.71. The standard InChI is InChI=1S/C26H33N3O2/c1-18-8-9-22(14-19(18)2)26(31)27-15-25(30)28-23-16-29(17-23)24-12-10-21(11-13-24)20-6-4-3-5-7-20/h3-9,14,21,23-24H,10-13,15-17H2,1-2H3,(H,27,31)(H,28,30). The number of benzene rings is 2. The van der Waals surface area contributed by atoms with Crippen molar-refractivity contribution in [1.29, 1.82) is 0 Å². The highest BCUT2D eigenvalue weighted by Gasteiger charge is 2.35. The fourth-order valence-corrected chi connectivity index (χ4v) is 4.83. The van der Waals surface area contributed by atoms with E-state index in [1.54, 1.807) is 6.07 Å². The van der Waals surface area contributed by atoms with Gasteiger partial charge in [0.15, 0.2) is 0 Å². The Bertz CT molecular complexity index is 914. The van der Waals surface area contributed by atoms with Crippen molar-refractivity contribution in [1.82, 2.24) is 15.5 Å². The number of carbonyl (C=O) groups is 2. The normalized spacial score (nSPS) is 21.9. The van der Waals surface area contributed by atoms with Crippen LogP contribution in [-0.4, -0.2) is 48.4 Å². The lowest BCUT2D eigenvalue weighted by atomic mass is 9.80. The van der Waals surface area contributed by atoms with Gasteiger partial charge in [0.2, 0.25) is 5.91 Å². The van der Waals surface area contributed by atoms with Gasteiger partial charge >= 0.3 is 0 Å². The molecule has 0 unspecified atom stereocenters. The summed E-state index contributed by atoms with van der Waals surface area (Å²) in [5.74, 6) is 0.369. The second-order valence-corrected chi connectivity index (χ2v) is 9.12. The van der Waals surface area contributed by atoms with Crippen LogP contribution >= 0.6 is 0 Å². The van der Waals surface area contributed by atoms with E-state index in [0.717, 1.165) is 24.2 Å². The monoisotopic (exact) mass is 419 g/mol. The van der Waals surface area contributed by atoms with Gasteiger partial charge in [-0.2, -0.15) is 0 Å². The van der Waals surface area contributed by atoms with Crippen LogP contribution in [0.15, 0.2) is 48.5 Å². The number of aryl methyl sites for hydroxylation is 2. The zero-order valence-electron chi connectivity index (χ0n) is 18.6. The maximum atomic E-state index is 12.3. The number of rotatable bonds is 6. The summed E-state index contributed by atoms with van der Waals surface area (Å²) in [6.07, 6.45) is 4.94. The topological polar surface area (TPSA) is 61.4 Å². The van der Waals surface area contributed by atoms with Crippen LogP contribution in [0.3, 0.4) is 0 Å². The Labute approximate surface area is 185 Å². The summed E-state index contributed by atoms with van der Waals surface area (Å²) in [6.45, 7) is 5.84. The van der Waals surface area contributed by atoms with Gasteiger partial charge in [-0.15, -0.1) is 0 Å². The van der Waals surface area contributed by atoms with E-state index >= 15 is 0 Å². The number of nitrogens with one attached hydrogen (secondary N) is 2. The highest BCUT2D eigenvalue weighted by Crippen LogP contribution is 2.35. The molecule has 5 nitrogen and oxygen atoms in total. The number of carbonyl (C=O) groups excluding carboxylic acids is 2. The SMILES string of the molecule is Cc1ccc(C(=O)NCC(=O)NC2CN(C3CCC(c4ccccc4)CC3)C2)cc1C. The fourth-order valence-electron chi connectivity index (χ4n) is 4.83. The van der Waals surface area contributed by atoms with Crippen molar-refractivity contribution < 1.29 is 9.59 Å². The summed E-state index contributed by atoms with van der Waals surface area (Å²) in [5.41, 5.74) is 4.29. The molecule has 0 radical (unpaired) electrons. The molecular weight excluding hydrogens is 386 g/mol. The molecule has 1 aliphatic carbocycles. The van der Waals surface area contributed by atoms with Gasteiger partial charge in [-0.1, -0.05) is 36.4 Å². The number of hydrogen-bond acceptors (Lipinski definition) is 3. The summed E-state index contributed by atoms with van der Waals surface area (Å²) in [7, 11) is 0. The molecule has 2 N–H and O–H groups in total. The van der Waals surface area contributed by atoms with Gasteiger partial charge in [-0.25, -0.2) is 0 Å². The predicted molar refractivity (Wildman–Crippen MR) is 123 cm³/mol. The Morgan fingerprint density at radius 2 is 1.65 bits per heavy atom. The molecule has 2 fully saturated rings. The molecule has 2 aromatic rings. The summed E-state index contributed by atoms with van der Waals surface area (Å²) < 4.78 is 0. The molecule has 4 rings (SSSR count). The van der Waals surface area contributed by atoms with E-state index in [2.05, 4.69) is 45.9 Å². The van der Waals surface area contributed by atoms with Crippen LogP contribution in [0, 0.1) is 13.8 Å². The quantitative estimate of drug-likeness (QED) is 0.753. The van der Waals surface area contributed by atoms with Crippen molar-refractivity contribution >= 4 is 11.8 Å². The zero-order chi connectivity index (χ0) is 21.8. The third kappa shape index (κ3) is 5.34. The highest BCUT2D eigenvalue weighted by atomic mass is 16.2. The van der Waals surface area contributed by atoms with Gasteiger partial charge in [0, 0.05) is 24.7 Å². The first-order valence-electron chi connectivity index (χ1n) is 11.4. The molecule has 2 amide bonds. The minimum Gasteiger partial charge on any atom is -0.349 e. The zero-order valence-corrected chi connectivity index (χ0v) is 18.6. The van der Waals surface area contributed by atoms with E-state index in [9.17, 15) is 9.59 Å². The lowest BCUT2D eigenvalue weighted by Gasteiger charge is -2.46. The Morgan fingerprint density at radius 1 is 0.935 bits per heavy atom. The van der Waals surface area contributed by atoms with Crippen molar-refractivity contribution in [2.24, 2.45) is 0 Å². The average Bonchev–Trinajstić information content (AvgIpc) is 2.77. The minimum absolute atomic E-state index is 0.0183. The molecule has 5 heteroatoms. The minimum atomic E-state index is -0.205. The lowest BCUT2D eigenvalue weighted by molar-refractivity contribution is -0.122. The molecular formula is C26H33N3O2. The second-order valence-electron chi connectivity index (χ2n) is 9.12. The highest BCUT2D eigenvalue weighted by molar-refractivity contribution is 5.96. The maximum Gasteiger partial charge on any atom is 0.251 e. The first kappa shape index (κ1) is 21.6. The summed E-state index contributed by atoms with van der Waals surface area (Å²) in [6, 6.07) is 17.3. The van der Waals surface area contributed by atoms with Crippen molar-refractivity contribution in [3.63, 3.8) is 0 Å². The maximum absolute atomic E-state index is 12.3. The van der Waals surface area contributed by atoms with E-state index in [1.165, 1.54) is 31.2 Å². The molecule has 2 aliphatic rings. The van der Waals surface area contributed by atoms with Crippen LogP contribution < -0.4 is 10.6 Å². The van der Waals surface area contributed by atoms with Crippen LogP contribution in [0.4, 0.5) is 0 Å². The second kappa shape index (κ2) is 9.65. The molecule has 1 saturated carbocycles. The first-order chi connectivity index (χ1) is 15.0. The third-order valence-corrected chi connectivity index (χ3v) is 6.94. The Balaban J connectivity index is 1.14. The number of likely N-dealkylation sites (tertiary alicyclic amines) is 1. The molecule has 0 atom stereocenters. The van der Waals surface area contributed by atoms with Crippen molar-refractivity contribution in [2.45, 2.75) is 57.5 Å². The molecule has 0 spiro atoms. The van der Waals surface area contributed by atoms with Crippen LogP contribution in [0.25, 0.3) is 0 Å². The van der Waals surface area contributed by atoms with Crippen LogP contribution in [-0.2, 0) is 4.79 Å². The van der Waals surface area contributed by atoms with E-state index in [1.807, 2.05) is 26.0 Å². The van der Waals surface area contributed by atoms with Crippen molar-refractivity contribution in [2.75, 3.05) is 19.6 Å². The van der Waals surface area contributed by atoms with Crippen molar-refractivity contribution in [3.8, 4) is 0 Å². The molecule has 0 bridgehead atoms. The van der Waals surface area contributed by atoms with Crippen LogP contribution in [0.1, 0.15) is 58.6 Å². The smallest absolute Gasteiger partial charge is 0.251 e. The predicted octanol–water partition coefficient (Wildman–Crippen LogP) is 3.56. The molecule has 2 aromatic carbocycles. The molecule has 164 valence electrons. The average molecular weight is 420 g/mol. The molecule has 31 heavy (non-hydrogen) atoms. The number of hydrogen-bond donors (Lipinski definition) is 2. The van der Waals surface area contributed by atoms with E-state index in [4.69, 9.17) is 0 Å². The number of amides is 2. The first-order valence-corrected chi connectivity index (χ1v) is 11.4. The Hall–Kier alpha value is -2.66. The Morgan fingerprint density at radius 3 is 2.32 bits per heavy atom. The van der Waals surface area contributed by atoms with Gasteiger partial charge in [0.1, 0.15) is 0 Å². The summed E-state index contributed by atoms with van der Waals surface area (Å²) in [4.78, 5) is 27.0. The van der Waals surface area contributed by atoms with Gasteiger partial charge in [-0.05, 0) is 74.3 Å². The van der Waals surface area contributed by atoms with E-state index in [0.29, 0.717) is 17.5 Å². The number of nitrogens with zero attached hydrogens (tertiary/aromatic N) is 1. The van der Waals surface area contributed by atoms with Crippen LogP contribution in [0.2, 0.25) is 0 Å². The van der Waals surface area contributed by atoms with E-state index in [-0.39, 0.29) is 24.4 Å². The molecule has 0 aromatic heterocycles. The summed E-state index contributed by atoms with van der Waals surface area (Å²) >= 11 is 0. The van der Waals surface area contributed by atoms with Crippen molar-refractivity contribution in [3.05, 3.63) is 70.8 Å². The van der Waals surface area contributed by atoms with Gasteiger partial charge in [-0.3, -0.25) is 14.5 Å². The fraction of sp³-hybridized carbons (Fsp3) is 0.462. The summed E-state index contributed by atoms with van der Waals surface area (Å²) in [5, 5.41) is 5.78. The van der Waals surface area contributed by atoms with Gasteiger partial charge < -0.3 is 10.6 Å². The van der Waals surface area contributed by atoms with Gasteiger partial charge in [0.25, 0.3) is 5.91 Å².